The Morgan fingerprint density at radius 2 is 1.69 bits per heavy atom. The fourth-order valence-corrected chi connectivity index (χ4v) is 3.99. The second-order valence-electron chi connectivity index (χ2n) is 8.36. The van der Waals surface area contributed by atoms with Gasteiger partial charge in [-0.2, -0.15) is 4.80 Å². The molecule has 0 aliphatic rings. The maximum Gasteiger partial charge on any atom is 0.257 e. The van der Waals surface area contributed by atoms with Crippen molar-refractivity contribution < 1.29 is 9.53 Å². The lowest BCUT2D eigenvalue weighted by Gasteiger charge is -2.11. The van der Waals surface area contributed by atoms with Crippen LogP contribution in [0.4, 0.5) is 5.69 Å². The molecule has 0 saturated carbocycles. The van der Waals surface area contributed by atoms with Crippen molar-refractivity contribution in [2.45, 2.75) is 39.5 Å². The van der Waals surface area contributed by atoms with Gasteiger partial charge in [-0.05, 0) is 85.6 Å². The van der Waals surface area contributed by atoms with Crippen LogP contribution in [0, 0.1) is 0 Å². The van der Waals surface area contributed by atoms with Gasteiger partial charge >= 0.3 is 0 Å². The number of carbonyl (C=O) groups excluding carboxylic acids is 1. The minimum absolute atomic E-state index is 0.127. The third-order valence-corrected chi connectivity index (χ3v) is 6.04. The predicted molar refractivity (Wildman–Crippen MR) is 148 cm³/mol. The van der Waals surface area contributed by atoms with Crippen LogP contribution in [0.2, 0.25) is 5.02 Å². The summed E-state index contributed by atoms with van der Waals surface area (Å²) >= 11 is 11.8. The highest BCUT2D eigenvalue weighted by Gasteiger charge is 2.13. The van der Waals surface area contributed by atoms with Crippen LogP contribution in [0.15, 0.2) is 60.7 Å². The summed E-state index contributed by atoms with van der Waals surface area (Å²) < 4.78 is 5.55. The Kier molecular flexibility index (Phi) is 8.51. The van der Waals surface area contributed by atoms with Crippen LogP contribution in [-0.2, 0) is 6.42 Å². The maximum atomic E-state index is 12.6. The van der Waals surface area contributed by atoms with Crippen LogP contribution in [0.5, 0.6) is 5.75 Å². The SMILES string of the molecule is CCCCc1ccc(-n2nc3cc(Cl)c(NC(=S)NC(=O)c4ccc(OCCC)cc4)cc3n2)cc1. The van der Waals surface area contributed by atoms with Crippen LogP contribution in [-0.4, -0.2) is 32.6 Å². The van der Waals surface area contributed by atoms with Gasteiger partial charge in [-0.3, -0.25) is 10.1 Å². The molecule has 0 fully saturated rings. The van der Waals surface area contributed by atoms with Gasteiger partial charge < -0.3 is 10.1 Å². The van der Waals surface area contributed by atoms with Gasteiger partial charge in [-0.1, -0.05) is 44.0 Å². The minimum atomic E-state index is -0.333. The average molecular weight is 522 g/mol. The summed E-state index contributed by atoms with van der Waals surface area (Å²) in [5.41, 5.74) is 4.46. The molecule has 2 N–H and O–H groups in total. The summed E-state index contributed by atoms with van der Waals surface area (Å²) in [6.45, 7) is 4.85. The number of amides is 1. The molecule has 0 aliphatic carbocycles. The summed E-state index contributed by atoms with van der Waals surface area (Å²) in [7, 11) is 0. The molecule has 7 nitrogen and oxygen atoms in total. The van der Waals surface area contributed by atoms with Gasteiger partial charge in [0.1, 0.15) is 16.8 Å². The topological polar surface area (TPSA) is 81.1 Å². The third kappa shape index (κ3) is 6.38. The minimum Gasteiger partial charge on any atom is -0.494 e. The number of aryl methyl sites for hydroxylation is 1. The number of thiocarbonyl (C=S) groups is 1. The summed E-state index contributed by atoms with van der Waals surface area (Å²) in [6.07, 6.45) is 4.31. The monoisotopic (exact) mass is 521 g/mol. The zero-order valence-electron chi connectivity index (χ0n) is 20.3. The molecule has 0 aliphatic heterocycles. The van der Waals surface area contributed by atoms with Crippen LogP contribution in [0.25, 0.3) is 16.7 Å². The van der Waals surface area contributed by atoms with Gasteiger partial charge in [0.15, 0.2) is 5.11 Å². The predicted octanol–water partition coefficient (Wildman–Crippen LogP) is 6.33. The number of unbranched alkanes of at least 4 members (excludes halogenated alkanes) is 1. The number of halogens is 1. The highest BCUT2D eigenvalue weighted by molar-refractivity contribution is 7.80. The van der Waals surface area contributed by atoms with E-state index in [4.69, 9.17) is 28.6 Å². The molecule has 0 spiro atoms. The van der Waals surface area contributed by atoms with Gasteiger partial charge in [0.25, 0.3) is 5.91 Å². The number of hydrogen-bond donors (Lipinski definition) is 2. The largest absolute Gasteiger partial charge is 0.494 e. The van der Waals surface area contributed by atoms with Crippen molar-refractivity contribution in [2.24, 2.45) is 0 Å². The van der Waals surface area contributed by atoms with Gasteiger partial charge in [-0.25, -0.2) is 0 Å². The standard InChI is InChI=1S/C27H28ClN5O2S/c1-3-5-6-18-7-11-20(12-8-18)33-31-24-16-22(28)23(17-25(24)32-33)29-27(36)30-26(34)19-9-13-21(14-10-19)35-15-4-2/h7-14,16-17H,3-6,15H2,1-2H3,(H2,29,30,34,36). The van der Waals surface area contributed by atoms with E-state index in [1.54, 1.807) is 41.2 Å². The van der Waals surface area contributed by atoms with E-state index in [2.05, 4.69) is 39.9 Å². The molecule has 3 aromatic carbocycles. The molecule has 9 heteroatoms. The van der Waals surface area contributed by atoms with E-state index >= 15 is 0 Å². The molecular formula is C27H28ClN5O2S. The molecule has 1 heterocycles. The van der Waals surface area contributed by atoms with Crippen molar-refractivity contribution in [3.8, 4) is 11.4 Å². The van der Waals surface area contributed by atoms with Crippen molar-refractivity contribution >= 4 is 51.6 Å². The third-order valence-electron chi connectivity index (χ3n) is 5.52. The number of rotatable bonds is 9. The fraction of sp³-hybridized carbons (Fsp3) is 0.259. The molecule has 4 aromatic rings. The molecule has 186 valence electrons. The Hall–Kier alpha value is -3.49. The number of fused-ring (bicyclic) bond motifs is 1. The normalized spacial score (nSPS) is 10.9. The summed E-state index contributed by atoms with van der Waals surface area (Å²) in [4.78, 5) is 14.2. The molecule has 0 unspecified atom stereocenters. The van der Waals surface area contributed by atoms with E-state index in [0.29, 0.717) is 33.9 Å². The number of nitrogens with one attached hydrogen (secondary N) is 2. The van der Waals surface area contributed by atoms with Crippen LogP contribution in [0.1, 0.15) is 49.0 Å². The van der Waals surface area contributed by atoms with Gasteiger partial charge in [0.05, 0.1) is 23.0 Å². The molecular weight excluding hydrogens is 494 g/mol. The molecule has 4 rings (SSSR count). The van der Waals surface area contributed by atoms with E-state index in [1.807, 2.05) is 19.1 Å². The number of carbonyl (C=O) groups is 1. The van der Waals surface area contributed by atoms with Crippen molar-refractivity contribution in [1.29, 1.82) is 0 Å². The lowest BCUT2D eigenvalue weighted by Crippen LogP contribution is -2.34. The molecule has 0 radical (unpaired) electrons. The van der Waals surface area contributed by atoms with Crippen LogP contribution in [0.3, 0.4) is 0 Å². The fourth-order valence-electron chi connectivity index (χ4n) is 3.58. The zero-order chi connectivity index (χ0) is 25.5. The first-order valence-electron chi connectivity index (χ1n) is 12.0. The number of ether oxygens (including phenoxy) is 1. The Morgan fingerprint density at radius 3 is 2.36 bits per heavy atom. The van der Waals surface area contributed by atoms with E-state index in [1.165, 1.54) is 18.4 Å². The van der Waals surface area contributed by atoms with Crippen molar-refractivity contribution in [1.82, 2.24) is 20.3 Å². The zero-order valence-corrected chi connectivity index (χ0v) is 21.8. The van der Waals surface area contributed by atoms with Crippen molar-refractivity contribution in [3.05, 3.63) is 76.8 Å². The Balaban J connectivity index is 1.43. The number of benzene rings is 3. The highest BCUT2D eigenvalue weighted by Crippen LogP contribution is 2.27. The Morgan fingerprint density at radius 1 is 1.00 bits per heavy atom. The number of hydrogen-bond acceptors (Lipinski definition) is 5. The summed E-state index contributed by atoms with van der Waals surface area (Å²) in [6, 6.07) is 18.6. The number of anilines is 1. The van der Waals surface area contributed by atoms with E-state index < -0.39 is 0 Å². The summed E-state index contributed by atoms with van der Waals surface area (Å²) in [5.74, 6) is 0.384. The molecule has 0 atom stereocenters. The smallest absolute Gasteiger partial charge is 0.257 e. The molecule has 1 aromatic heterocycles. The van der Waals surface area contributed by atoms with E-state index in [0.717, 1.165) is 24.3 Å². The van der Waals surface area contributed by atoms with Gasteiger partial charge in [0, 0.05) is 5.56 Å². The van der Waals surface area contributed by atoms with E-state index in [9.17, 15) is 4.79 Å². The van der Waals surface area contributed by atoms with Gasteiger partial charge in [0.2, 0.25) is 0 Å². The van der Waals surface area contributed by atoms with Crippen LogP contribution < -0.4 is 15.4 Å². The van der Waals surface area contributed by atoms with Crippen molar-refractivity contribution in [2.75, 3.05) is 11.9 Å². The lowest BCUT2D eigenvalue weighted by atomic mass is 10.1. The van der Waals surface area contributed by atoms with E-state index in [-0.39, 0.29) is 11.0 Å². The second-order valence-corrected chi connectivity index (χ2v) is 9.18. The number of nitrogens with zero attached hydrogens (tertiary/aromatic N) is 3. The first-order valence-corrected chi connectivity index (χ1v) is 12.8. The highest BCUT2D eigenvalue weighted by atomic mass is 35.5. The van der Waals surface area contributed by atoms with Crippen molar-refractivity contribution in [3.63, 3.8) is 0 Å². The first kappa shape index (κ1) is 25.6. The maximum absolute atomic E-state index is 12.6. The van der Waals surface area contributed by atoms with Gasteiger partial charge in [-0.15, -0.1) is 10.2 Å². The molecule has 0 bridgehead atoms. The second kappa shape index (κ2) is 12.0. The average Bonchev–Trinajstić information content (AvgIpc) is 3.29. The first-order chi connectivity index (χ1) is 17.5. The molecule has 36 heavy (non-hydrogen) atoms. The summed E-state index contributed by atoms with van der Waals surface area (Å²) in [5, 5.41) is 15.3. The molecule has 0 saturated heterocycles. The molecule has 1 amide bonds. The number of aromatic nitrogens is 3. The lowest BCUT2D eigenvalue weighted by molar-refractivity contribution is 0.0977. The van der Waals surface area contributed by atoms with Crippen LogP contribution >= 0.6 is 23.8 Å². The Labute approximate surface area is 220 Å². The Bertz CT molecular complexity index is 1350. The quantitative estimate of drug-likeness (QED) is 0.250.